The van der Waals surface area contributed by atoms with E-state index in [9.17, 15) is 0 Å². The Kier molecular flexibility index (Phi) is 138. The first kappa shape index (κ1) is 96.8. The van der Waals surface area contributed by atoms with Crippen LogP contribution in [-0.2, 0) is 6.42 Å². The van der Waals surface area contributed by atoms with Crippen LogP contribution in [0.15, 0.2) is 90.0 Å². The van der Waals surface area contributed by atoms with Crippen molar-refractivity contribution < 1.29 is 0 Å². The monoisotopic (exact) mass is 660 g/mol. The molecule has 0 bridgehead atoms. The Morgan fingerprint density at radius 1 is 0.489 bits per heavy atom. The maximum absolute atomic E-state index is 5.52. The van der Waals surface area contributed by atoms with Crippen molar-refractivity contribution in [3.05, 3.63) is 107 Å². The summed E-state index contributed by atoms with van der Waals surface area (Å²) >= 11 is 4.87. The van der Waals surface area contributed by atoms with E-state index in [0.29, 0.717) is 0 Å². The third-order valence-electron chi connectivity index (χ3n) is 3.80. The Balaban J connectivity index is -0.0000000328. The van der Waals surface area contributed by atoms with E-state index in [4.69, 9.17) is 18.0 Å². The van der Waals surface area contributed by atoms with Crippen molar-refractivity contribution in [3.8, 4) is 0 Å². The SMILES string of the molecule is C.C.C.C.C.C.C.C.C.C.C.C.C.C.CC.CC.CC.NC(=S)NN=C(c1ccccc1)c1ccc(Cc2ccccc2)cc1. The second-order valence-electron chi connectivity index (χ2n) is 5.66. The minimum Gasteiger partial charge on any atom is -0.375 e. The van der Waals surface area contributed by atoms with Gasteiger partial charge in [0.15, 0.2) is 5.11 Å². The molecule has 278 valence electrons. The molecule has 0 saturated carbocycles. The largest absolute Gasteiger partial charge is 0.375 e. The smallest absolute Gasteiger partial charge is 0.184 e. The van der Waals surface area contributed by atoms with Crippen molar-refractivity contribution in [2.75, 3.05) is 0 Å². The van der Waals surface area contributed by atoms with Gasteiger partial charge in [0.1, 0.15) is 0 Å². The van der Waals surface area contributed by atoms with Gasteiger partial charge in [-0.2, -0.15) is 5.10 Å². The highest BCUT2D eigenvalue weighted by Crippen LogP contribution is 2.14. The molecule has 0 radical (unpaired) electrons. The fourth-order valence-electron chi connectivity index (χ4n) is 2.61. The van der Waals surface area contributed by atoms with E-state index < -0.39 is 0 Å². The van der Waals surface area contributed by atoms with E-state index in [2.05, 4.69) is 59.1 Å². The molecule has 3 aromatic carbocycles. The van der Waals surface area contributed by atoms with Crippen molar-refractivity contribution in [2.45, 2.75) is 152 Å². The molecule has 0 amide bonds. The molecular weight excluding hydrogens is 567 g/mol. The molecule has 0 heterocycles. The summed E-state index contributed by atoms with van der Waals surface area (Å²) in [4.78, 5) is 0. The standard InChI is InChI=1S/C21H19N3S.3C2H6.14CH4/c22-21(25)24-23-20(18-9-5-2-6-10-18)19-13-11-17(12-14-19)15-16-7-3-1-4-8-16;3*1-2;;;;;;;;;;;;;;/h1-14H,15H2,(H3,22,24,25);3*1-2H3;14*1H4. The normalized spacial score (nSPS) is 6.58. The molecule has 3 rings (SSSR count). The number of hydrogen-bond acceptors (Lipinski definition) is 2. The summed E-state index contributed by atoms with van der Waals surface area (Å²) in [6, 6.07) is 28.8. The van der Waals surface area contributed by atoms with E-state index in [1.165, 1.54) is 11.1 Å². The number of benzene rings is 3. The Labute approximate surface area is 297 Å². The van der Waals surface area contributed by atoms with Gasteiger partial charge in [0, 0.05) is 11.1 Å². The fourth-order valence-corrected chi connectivity index (χ4v) is 2.66. The Hall–Kier alpha value is -2.98. The highest BCUT2D eigenvalue weighted by Gasteiger charge is 2.07. The van der Waals surface area contributed by atoms with Crippen molar-refractivity contribution in [3.63, 3.8) is 0 Å². The topological polar surface area (TPSA) is 50.4 Å². The molecule has 3 N–H and O–H groups in total. The summed E-state index contributed by atoms with van der Waals surface area (Å²) in [5, 5.41) is 4.53. The summed E-state index contributed by atoms with van der Waals surface area (Å²) in [5.74, 6) is 0. The van der Waals surface area contributed by atoms with Crippen molar-refractivity contribution in [1.82, 2.24) is 5.43 Å². The lowest BCUT2D eigenvalue weighted by Gasteiger charge is -2.09. The molecule has 0 aliphatic carbocycles. The zero-order valence-corrected chi connectivity index (χ0v) is 20.5. The number of hydrazone groups is 1. The molecule has 0 unspecified atom stereocenters. The van der Waals surface area contributed by atoms with Gasteiger partial charge in [0.05, 0.1) is 5.71 Å². The van der Waals surface area contributed by atoms with Gasteiger partial charge in [0.2, 0.25) is 0 Å². The zero-order chi connectivity index (χ0) is 23.5. The van der Waals surface area contributed by atoms with Crippen molar-refractivity contribution in [2.24, 2.45) is 10.8 Å². The first-order chi connectivity index (χ1) is 15.2. The minimum atomic E-state index is 0. The van der Waals surface area contributed by atoms with E-state index in [0.717, 1.165) is 23.3 Å². The second-order valence-corrected chi connectivity index (χ2v) is 6.10. The Morgan fingerprint density at radius 3 is 1.11 bits per heavy atom. The summed E-state index contributed by atoms with van der Waals surface area (Å²) in [7, 11) is 0. The van der Waals surface area contributed by atoms with Gasteiger partial charge >= 0.3 is 0 Å². The molecule has 0 atom stereocenters. The van der Waals surface area contributed by atoms with Crippen LogP contribution in [0.2, 0.25) is 0 Å². The molecule has 3 nitrogen and oxygen atoms in total. The molecular formula is C41H93N3S. The average molecular weight is 660 g/mol. The highest BCUT2D eigenvalue weighted by molar-refractivity contribution is 7.80. The summed E-state index contributed by atoms with van der Waals surface area (Å²) < 4.78 is 0. The second kappa shape index (κ2) is 64.1. The van der Waals surface area contributed by atoms with Crippen LogP contribution < -0.4 is 11.2 Å². The number of thiocarbonyl (C=S) groups is 1. The van der Waals surface area contributed by atoms with Gasteiger partial charge in [-0.3, -0.25) is 5.43 Å². The van der Waals surface area contributed by atoms with Crippen LogP contribution in [0.4, 0.5) is 0 Å². The van der Waals surface area contributed by atoms with E-state index in [1.807, 2.05) is 77.9 Å². The van der Waals surface area contributed by atoms with Crippen LogP contribution in [0.1, 0.15) is 168 Å². The lowest BCUT2D eigenvalue weighted by molar-refractivity contribution is 1.03. The lowest BCUT2D eigenvalue weighted by Crippen LogP contribution is -2.26. The van der Waals surface area contributed by atoms with Gasteiger partial charge in [0.25, 0.3) is 0 Å². The van der Waals surface area contributed by atoms with E-state index in [-0.39, 0.29) is 109 Å². The molecule has 4 heteroatoms. The van der Waals surface area contributed by atoms with Gasteiger partial charge < -0.3 is 5.73 Å². The highest BCUT2D eigenvalue weighted by atomic mass is 32.1. The minimum absolute atomic E-state index is 0. The van der Waals surface area contributed by atoms with Gasteiger partial charge in [-0.15, -0.1) is 0 Å². The number of nitrogens with one attached hydrogen (secondary N) is 1. The Bertz CT molecular complexity index is 860. The van der Waals surface area contributed by atoms with Crippen LogP contribution in [0, 0.1) is 0 Å². The summed E-state index contributed by atoms with van der Waals surface area (Å²) in [5.41, 5.74) is 13.6. The summed E-state index contributed by atoms with van der Waals surface area (Å²) in [6.45, 7) is 12.0. The van der Waals surface area contributed by atoms with E-state index in [1.54, 1.807) is 0 Å². The number of hydrogen-bond donors (Lipinski definition) is 2. The number of rotatable bonds is 5. The van der Waals surface area contributed by atoms with Crippen LogP contribution in [0.3, 0.4) is 0 Å². The third-order valence-corrected chi connectivity index (χ3v) is 3.89. The summed E-state index contributed by atoms with van der Waals surface area (Å²) in [6.07, 6.45) is 0.907. The predicted octanol–water partition coefficient (Wildman–Crippen LogP) is 15.8. The van der Waals surface area contributed by atoms with Crippen LogP contribution in [0.5, 0.6) is 0 Å². The maximum Gasteiger partial charge on any atom is 0.184 e. The molecule has 0 aliphatic heterocycles. The quantitative estimate of drug-likeness (QED) is 0.163. The first-order valence-electron chi connectivity index (χ1n) is 11.0. The van der Waals surface area contributed by atoms with Crippen LogP contribution >= 0.6 is 12.2 Å². The fraction of sp³-hybridized carbons (Fsp3) is 0.512. The lowest BCUT2D eigenvalue weighted by atomic mass is 9.99. The van der Waals surface area contributed by atoms with Gasteiger partial charge in [-0.25, -0.2) is 0 Å². The average Bonchev–Trinajstić information content (AvgIpc) is 2.85. The van der Waals surface area contributed by atoms with Crippen molar-refractivity contribution in [1.29, 1.82) is 0 Å². The first-order valence-corrected chi connectivity index (χ1v) is 11.4. The van der Waals surface area contributed by atoms with Crippen molar-refractivity contribution >= 4 is 23.0 Å². The molecule has 0 spiro atoms. The number of nitrogens with zero attached hydrogens (tertiary/aromatic N) is 1. The number of nitrogens with two attached hydrogens (primary N) is 1. The molecule has 0 fully saturated rings. The van der Waals surface area contributed by atoms with Crippen LogP contribution in [-0.4, -0.2) is 10.8 Å². The van der Waals surface area contributed by atoms with Crippen LogP contribution in [0.25, 0.3) is 0 Å². The maximum atomic E-state index is 5.52. The zero-order valence-electron chi connectivity index (χ0n) is 19.7. The third kappa shape index (κ3) is 39.0. The Morgan fingerprint density at radius 2 is 0.778 bits per heavy atom. The molecule has 0 saturated heterocycles. The van der Waals surface area contributed by atoms with Gasteiger partial charge in [-0.1, -0.05) is 230 Å². The van der Waals surface area contributed by atoms with E-state index >= 15 is 0 Å². The predicted molar refractivity (Wildman–Crippen MR) is 236 cm³/mol. The molecule has 0 aliphatic rings. The van der Waals surface area contributed by atoms with Gasteiger partial charge in [-0.05, 0) is 29.8 Å². The molecule has 45 heavy (non-hydrogen) atoms. The molecule has 0 aromatic heterocycles. The molecule has 3 aromatic rings.